The number of nitrogens with one attached hydrogen (secondary N) is 1. The average molecular weight is 573 g/mol. The van der Waals surface area contributed by atoms with E-state index < -0.39 is 6.04 Å². The molecule has 0 bridgehead atoms. The Morgan fingerprint density at radius 2 is 1.79 bits per heavy atom. The van der Waals surface area contributed by atoms with Crippen LogP contribution in [-0.2, 0) is 33.6 Å². The third-order valence-electron chi connectivity index (χ3n) is 6.65. The van der Waals surface area contributed by atoms with Gasteiger partial charge in [-0.3, -0.25) is 14.4 Å². The van der Waals surface area contributed by atoms with E-state index in [0.29, 0.717) is 42.5 Å². The lowest BCUT2D eigenvalue weighted by Crippen LogP contribution is -2.61. The first-order chi connectivity index (χ1) is 18.4. The monoisotopic (exact) mass is 571 g/mol. The molecule has 1 aliphatic rings. The van der Waals surface area contributed by atoms with Gasteiger partial charge in [0.25, 0.3) is 0 Å². The van der Waals surface area contributed by atoms with Gasteiger partial charge in [0, 0.05) is 34.6 Å². The molecule has 1 aromatic heterocycles. The fraction of sp³-hybridized carbons (Fsp3) is 0.345. The van der Waals surface area contributed by atoms with Crippen LogP contribution in [0.3, 0.4) is 0 Å². The third-order valence-corrected chi connectivity index (χ3v) is 8.17. The van der Waals surface area contributed by atoms with E-state index in [1.54, 1.807) is 33.3 Å². The summed E-state index contributed by atoms with van der Waals surface area (Å²) in [6.07, 6.45) is 2.73. The molecule has 1 aliphatic heterocycles. The highest BCUT2D eigenvalue weighted by atomic mass is 35.5. The number of piperazine rings is 1. The lowest BCUT2D eigenvalue weighted by molar-refractivity contribution is -0.157. The van der Waals surface area contributed by atoms with Crippen molar-refractivity contribution in [2.75, 3.05) is 26.2 Å². The van der Waals surface area contributed by atoms with Gasteiger partial charge in [0.15, 0.2) is 0 Å². The van der Waals surface area contributed by atoms with Crippen LogP contribution in [0.15, 0.2) is 66.0 Å². The molecule has 0 radical (unpaired) electrons. The van der Waals surface area contributed by atoms with Crippen molar-refractivity contribution in [3.63, 3.8) is 0 Å². The average Bonchev–Trinajstić information content (AvgIpc) is 3.42. The zero-order valence-corrected chi connectivity index (χ0v) is 23.4. The molecule has 0 saturated carbocycles. The summed E-state index contributed by atoms with van der Waals surface area (Å²) in [4.78, 5) is 43.9. The molecule has 1 atom stereocenters. The van der Waals surface area contributed by atoms with Crippen molar-refractivity contribution in [2.24, 2.45) is 0 Å². The molecule has 1 fully saturated rings. The van der Waals surface area contributed by atoms with Crippen molar-refractivity contribution < 1.29 is 14.4 Å². The van der Waals surface area contributed by atoms with Crippen LogP contribution in [0.25, 0.3) is 0 Å². The topological polar surface area (TPSA) is 69.7 Å². The molecule has 0 aliphatic carbocycles. The largest absolute Gasteiger partial charge is 0.356 e. The summed E-state index contributed by atoms with van der Waals surface area (Å²) in [5, 5.41) is 5.99. The number of thiophene rings is 1. The molecule has 1 saturated heterocycles. The number of hydrogen-bond acceptors (Lipinski definition) is 4. The van der Waals surface area contributed by atoms with Gasteiger partial charge in [-0.15, -0.1) is 11.3 Å². The normalized spacial score (nSPS) is 15.7. The van der Waals surface area contributed by atoms with Crippen molar-refractivity contribution in [3.8, 4) is 0 Å². The van der Waals surface area contributed by atoms with Crippen LogP contribution in [0.5, 0.6) is 0 Å². The third kappa shape index (κ3) is 7.82. The predicted molar refractivity (Wildman–Crippen MR) is 153 cm³/mol. The molecule has 1 unspecified atom stereocenters. The summed E-state index contributed by atoms with van der Waals surface area (Å²) in [5.41, 5.74) is 2.06. The number of amides is 3. The maximum atomic E-state index is 13.6. The van der Waals surface area contributed by atoms with Crippen LogP contribution in [-0.4, -0.2) is 59.7 Å². The quantitative estimate of drug-likeness (QED) is 0.310. The summed E-state index contributed by atoms with van der Waals surface area (Å²) in [6.45, 7) is 1.23. The maximum absolute atomic E-state index is 13.6. The molecule has 38 heavy (non-hydrogen) atoms. The first-order valence-electron chi connectivity index (χ1n) is 12.8. The van der Waals surface area contributed by atoms with Crippen molar-refractivity contribution in [1.82, 2.24) is 15.1 Å². The van der Waals surface area contributed by atoms with Crippen LogP contribution >= 0.6 is 34.5 Å². The zero-order valence-electron chi connectivity index (χ0n) is 21.1. The molecule has 0 spiro atoms. The van der Waals surface area contributed by atoms with Crippen LogP contribution in [0.2, 0.25) is 10.0 Å². The molecule has 3 amide bonds. The van der Waals surface area contributed by atoms with E-state index in [4.69, 9.17) is 23.2 Å². The molecule has 200 valence electrons. The van der Waals surface area contributed by atoms with Gasteiger partial charge >= 0.3 is 0 Å². The number of carbonyl (C=O) groups is 3. The molecular weight excluding hydrogens is 541 g/mol. The second-order valence-electron chi connectivity index (χ2n) is 9.32. The summed E-state index contributed by atoms with van der Waals surface area (Å²) < 4.78 is 0. The van der Waals surface area contributed by atoms with Gasteiger partial charge in [-0.1, -0.05) is 65.7 Å². The van der Waals surface area contributed by atoms with Crippen molar-refractivity contribution >= 4 is 52.3 Å². The highest BCUT2D eigenvalue weighted by Gasteiger charge is 2.40. The Labute approximate surface area is 237 Å². The molecule has 2 heterocycles. The lowest BCUT2D eigenvalue weighted by Gasteiger charge is -2.40. The van der Waals surface area contributed by atoms with Gasteiger partial charge in [-0.2, -0.15) is 0 Å². The Balaban J connectivity index is 1.38. The second kappa shape index (κ2) is 13.8. The first-order valence-corrected chi connectivity index (χ1v) is 14.4. The van der Waals surface area contributed by atoms with Gasteiger partial charge in [0.2, 0.25) is 17.7 Å². The Morgan fingerprint density at radius 1 is 0.974 bits per heavy atom. The molecule has 4 rings (SSSR count). The minimum atomic E-state index is -0.828. The minimum Gasteiger partial charge on any atom is -0.356 e. The SMILES string of the molecule is O=C(CC1C(=O)N(CCc2ccc(Cl)cc2Cl)CC(=O)N1CCc1cccs1)NCCCc1ccccc1. The number of rotatable bonds is 12. The standard InChI is InChI=1S/C29H31Cl2N3O3S/c30-23-11-10-22(25(31)18-23)12-15-33-20-28(36)34(16-13-24-9-5-17-38-24)26(29(33)37)19-27(35)32-14-4-8-21-6-2-1-3-7-21/h1-3,5-7,9-11,17-18,26H,4,8,12-16,19-20H2,(H,32,35). The zero-order chi connectivity index (χ0) is 26.9. The van der Waals surface area contributed by atoms with Gasteiger partial charge in [0.1, 0.15) is 6.04 Å². The maximum Gasteiger partial charge on any atom is 0.246 e. The highest BCUT2D eigenvalue weighted by Crippen LogP contribution is 2.23. The summed E-state index contributed by atoms with van der Waals surface area (Å²) in [6, 6.07) is 18.5. The number of halogens is 2. The van der Waals surface area contributed by atoms with Gasteiger partial charge in [-0.25, -0.2) is 0 Å². The number of nitrogens with zero attached hydrogens (tertiary/aromatic N) is 2. The van der Waals surface area contributed by atoms with E-state index in [0.717, 1.165) is 23.3 Å². The highest BCUT2D eigenvalue weighted by molar-refractivity contribution is 7.09. The minimum absolute atomic E-state index is 0.0102. The molecule has 1 N–H and O–H groups in total. The van der Waals surface area contributed by atoms with Crippen LogP contribution < -0.4 is 5.32 Å². The Hall–Kier alpha value is -2.87. The smallest absolute Gasteiger partial charge is 0.246 e. The van der Waals surface area contributed by atoms with Gasteiger partial charge in [0.05, 0.1) is 13.0 Å². The number of hydrogen-bond donors (Lipinski definition) is 1. The molecule has 6 nitrogen and oxygen atoms in total. The van der Waals surface area contributed by atoms with E-state index in [9.17, 15) is 14.4 Å². The van der Waals surface area contributed by atoms with Crippen LogP contribution in [0.4, 0.5) is 0 Å². The summed E-state index contributed by atoms with van der Waals surface area (Å²) >= 11 is 13.9. The molecule has 3 aromatic rings. The van der Waals surface area contributed by atoms with E-state index in [2.05, 4.69) is 17.4 Å². The summed E-state index contributed by atoms with van der Waals surface area (Å²) in [5.74, 6) is -0.585. The fourth-order valence-electron chi connectivity index (χ4n) is 4.60. The predicted octanol–water partition coefficient (Wildman–Crippen LogP) is 5.02. The Kier molecular flexibility index (Phi) is 10.2. The van der Waals surface area contributed by atoms with Crippen molar-refractivity contribution in [1.29, 1.82) is 0 Å². The van der Waals surface area contributed by atoms with E-state index in [1.165, 1.54) is 5.56 Å². The lowest BCUT2D eigenvalue weighted by atomic mass is 10.0. The fourth-order valence-corrected chi connectivity index (χ4v) is 5.80. The van der Waals surface area contributed by atoms with E-state index in [-0.39, 0.29) is 30.7 Å². The number of benzene rings is 2. The van der Waals surface area contributed by atoms with Crippen molar-refractivity contribution in [2.45, 2.75) is 38.1 Å². The molecule has 9 heteroatoms. The van der Waals surface area contributed by atoms with Crippen LogP contribution in [0, 0.1) is 0 Å². The molecular formula is C29H31Cl2N3O3S. The van der Waals surface area contributed by atoms with Crippen LogP contribution in [0.1, 0.15) is 28.8 Å². The van der Waals surface area contributed by atoms with Gasteiger partial charge < -0.3 is 15.1 Å². The van der Waals surface area contributed by atoms with E-state index >= 15 is 0 Å². The van der Waals surface area contributed by atoms with Gasteiger partial charge in [-0.05, 0) is 60.4 Å². The molecule has 2 aromatic carbocycles. The summed E-state index contributed by atoms with van der Waals surface area (Å²) in [7, 11) is 0. The van der Waals surface area contributed by atoms with Crippen molar-refractivity contribution in [3.05, 3.63) is 92.1 Å². The number of aryl methyl sites for hydroxylation is 1. The van der Waals surface area contributed by atoms with E-state index in [1.807, 2.05) is 41.8 Å². The first kappa shape index (κ1) is 28.1. The number of carbonyl (C=O) groups excluding carboxylic acids is 3. The second-order valence-corrected chi connectivity index (χ2v) is 11.2. The Morgan fingerprint density at radius 3 is 2.53 bits per heavy atom. The Bertz CT molecular complexity index is 1240.